The number of hydrogen-bond donors (Lipinski definition) is 11. The van der Waals surface area contributed by atoms with Crippen LogP contribution >= 0.6 is 0 Å². The van der Waals surface area contributed by atoms with E-state index in [1.165, 1.54) is 18.2 Å². The lowest BCUT2D eigenvalue weighted by atomic mass is 10.1. The first-order valence-electron chi connectivity index (χ1n) is 31.4. The third-order valence-electron chi connectivity index (χ3n) is 14.5. The summed E-state index contributed by atoms with van der Waals surface area (Å²) < 4.78 is 9.86. The van der Waals surface area contributed by atoms with Gasteiger partial charge in [-0.1, -0.05) is 51.3 Å². The van der Waals surface area contributed by atoms with Crippen LogP contribution in [-0.2, 0) is 71.8 Å². The predicted molar refractivity (Wildman–Crippen MR) is 368 cm³/mol. The van der Waals surface area contributed by atoms with Gasteiger partial charge >= 0.3 is 47.8 Å². The van der Waals surface area contributed by atoms with Crippen molar-refractivity contribution in [2.24, 2.45) is 0 Å². The summed E-state index contributed by atoms with van der Waals surface area (Å²) >= 11 is 0. The number of benzene rings is 2. The molecular weight excluding hydrogens is 1310 g/mol. The molecule has 2 aromatic carbocycles. The summed E-state index contributed by atoms with van der Waals surface area (Å²) in [5.41, 5.74) is 2.59. The molecule has 2 heterocycles. The van der Waals surface area contributed by atoms with E-state index in [2.05, 4.69) is 21.3 Å². The molecule has 34 nitrogen and oxygen atoms in total. The molecule has 100 heavy (non-hydrogen) atoms. The number of carboxylic acids is 6. The van der Waals surface area contributed by atoms with Crippen molar-refractivity contribution in [1.29, 1.82) is 0 Å². The molecule has 11 N–H and O–H groups in total. The van der Waals surface area contributed by atoms with Gasteiger partial charge in [0.2, 0.25) is 23.6 Å². The van der Waals surface area contributed by atoms with Gasteiger partial charge in [-0.25, -0.2) is 9.59 Å². The molecule has 0 aliphatic carbocycles. The van der Waals surface area contributed by atoms with Crippen LogP contribution in [0.3, 0.4) is 0 Å². The number of carbonyl (C=O) groups excluding carboxylic acids is 7. The van der Waals surface area contributed by atoms with Crippen LogP contribution in [-0.4, -0.2) is 343 Å². The Bertz CT molecular complexity index is 3040. The molecule has 0 unspecified atom stereocenters. The first-order valence-corrected chi connectivity index (χ1v) is 31.4. The molecule has 554 valence electrons. The number of anilines is 2. The van der Waals surface area contributed by atoms with E-state index in [1.54, 1.807) is 114 Å². The van der Waals surface area contributed by atoms with Crippen LogP contribution in [0.25, 0.3) is 12.2 Å². The zero-order valence-corrected chi connectivity index (χ0v) is 55.0. The number of allylic oxidation sites excluding steroid dienone is 1. The Balaban J connectivity index is 0.000000980. The van der Waals surface area contributed by atoms with E-state index in [0.717, 1.165) is 6.08 Å². The van der Waals surface area contributed by atoms with Crippen LogP contribution in [0.4, 0.5) is 11.4 Å². The van der Waals surface area contributed by atoms with Gasteiger partial charge in [0.15, 0.2) is 0 Å². The fourth-order valence-electron chi connectivity index (χ4n) is 9.59. The number of carbonyl (C=O) groups is 13. The Kier molecular flexibility index (Phi) is 44.0. The Hall–Kier alpha value is -9.65. The molecule has 0 saturated carbocycles. The van der Waals surface area contributed by atoms with Gasteiger partial charge in [-0.2, -0.15) is 0 Å². The minimum atomic E-state index is -1.05. The molecule has 0 atom stereocenters. The van der Waals surface area contributed by atoms with Crippen molar-refractivity contribution in [3.63, 3.8) is 0 Å². The first-order chi connectivity index (χ1) is 46.7. The van der Waals surface area contributed by atoms with Gasteiger partial charge in [-0.3, -0.25) is 91.9 Å². The summed E-state index contributed by atoms with van der Waals surface area (Å²) in [6.07, 6.45) is 9.12. The molecule has 0 spiro atoms. The van der Waals surface area contributed by atoms with E-state index < -0.39 is 71.4 Å². The number of hydrogen-bond acceptors (Lipinski definition) is 24. The first kappa shape index (κ1) is 88.4. The summed E-state index contributed by atoms with van der Waals surface area (Å²) in [6.45, 7) is 4.91. The maximum absolute atomic E-state index is 12.8. The summed E-state index contributed by atoms with van der Waals surface area (Å²) in [6, 6.07) is 13.3. The predicted octanol–water partition coefficient (Wildman–Crippen LogP) is -1.10. The topological polar surface area (TPSA) is 456 Å². The minimum absolute atomic E-state index is 0. The van der Waals surface area contributed by atoms with Crippen molar-refractivity contribution >= 4 is 101 Å². The highest BCUT2D eigenvalue weighted by Crippen LogP contribution is 2.15. The lowest BCUT2D eigenvalue weighted by molar-refractivity contribution is -0.140. The fourth-order valence-corrected chi connectivity index (χ4v) is 9.59. The summed E-state index contributed by atoms with van der Waals surface area (Å²) in [5.74, 6) is -9.40. The average Bonchev–Trinajstić information content (AvgIpc) is 0.937. The highest BCUT2D eigenvalue weighted by molar-refractivity contribution is 5.98. The number of aldehydes is 1. The number of carboxylic acid groups (broad SMARTS) is 6. The molecule has 2 aliphatic rings. The van der Waals surface area contributed by atoms with E-state index >= 15 is 0 Å². The summed E-state index contributed by atoms with van der Waals surface area (Å²) in [7, 11) is 0. The van der Waals surface area contributed by atoms with Crippen LogP contribution in [0.15, 0.2) is 84.0 Å². The van der Waals surface area contributed by atoms with E-state index in [-0.39, 0.29) is 216 Å². The maximum atomic E-state index is 12.8. The summed E-state index contributed by atoms with van der Waals surface area (Å²) in [5, 5.41) is 75.7. The largest absolute Gasteiger partial charge is 0.480 e. The van der Waals surface area contributed by atoms with E-state index in [1.807, 2.05) is 0 Å². The van der Waals surface area contributed by atoms with Crippen LogP contribution < -0.4 is 21.3 Å². The van der Waals surface area contributed by atoms with Crippen LogP contribution in [0, 0.1) is 0 Å². The van der Waals surface area contributed by atoms with Crippen molar-refractivity contribution in [3.05, 3.63) is 95.1 Å². The SMILES string of the molecule is C.C.CCOC(=O)C(/C=C/c1ccc(NC(=O)CNC(=O)CN2CCN(CC(=O)O)CCN(CC(=O)O)CCN(CC(=O)O)CC2)cc1)=C/C=O.CCOC(=O)C(/C=C/c1ccc(NC(=O)CNC(=O)CN2CCN(CC(=O)O)CCN(CC(=O)O)CCN(CC(=O)O)CC2)cc1)=C/CO. The van der Waals surface area contributed by atoms with E-state index in [4.69, 9.17) is 14.6 Å². The third kappa shape index (κ3) is 39.7. The van der Waals surface area contributed by atoms with Crippen LogP contribution in [0.2, 0.25) is 0 Å². The van der Waals surface area contributed by atoms with Crippen molar-refractivity contribution in [2.75, 3.05) is 201 Å². The monoisotopic (exact) mass is 1410 g/mol. The number of aliphatic hydroxyl groups excluding tert-OH is 1. The third-order valence-corrected chi connectivity index (χ3v) is 14.5. The molecule has 2 fully saturated rings. The van der Waals surface area contributed by atoms with Crippen molar-refractivity contribution in [3.8, 4) is 0 Å². The standard InChI is InChI=1S/C32H46N6O11.C32H44N6O11.2CH4/c2*1-2-49-32(48)25(9-18-39)6-3-24-4-7-26(8-5-24)34-27(40)19-33-28(41)20-35-10-12-36(21-29(42)43)14-16-38(23-31(46)47)17-15-37(13-11-35)22-30(44)45;;/h3-9,39H,2,10-23H2,1H3,(H,33,41)(H,34,40)(H,42,43)(H,44,45)(H,46,47);3-9,18H,2,10-17,19-23H2,1H3,(H,33,41)(H,34,40)(H,42,43)(H,44,45)(H,46,47);2*1H4/b2*6-3+,25-9+;;. The molecule has 2 saturated heterocycles. The second-order valence-electron chi connectivity index (χ2n) is 22.2. The molecular formula is C66H98N12O22. The molecule has 4 amide bonds. The normalized spacial score (nSPS) is 15.9. The van der Waals surface area contributed by atoms with Crippen molar-refractivity contribution in [1.82, 2.24) is 49.8 Å². The van der Waals surface area contributed by atoms with Gasteiger partial charge in [0.1, 0.15) is 6.29 Å². The minimum Gasteiger partial charge on any atom is -0.480 e. The van der Waals surface area contributed by atoms with Gasteiger partial charge in [-0.15, -0.1) is 0 Å². The van der Waals surface area contributed by atoms with Crippen LogP contribution in [0.5, 0.6) is 0 Å². The quantitative estimate of drug-likeness (QED) is 0.0179. The second-order valence-corrected chi connectivity index (χ2v) is 22.2. The van der Waals surface area contributed by atoms with Gasteiger partial charge in [0.25, 0.3) is 0 Å². The van der Waals surface area contributed by atoms with Crippen LogP contribution in [0.1, 0.15) is 39.8 Å². The highest BCUT2D eigenvalue weighted by atomic mass is 16.5. The zero-order valence-electron chi connectivity index (χ0n) is 55.0. The van der Waals surface area contributed by atoms with Gasteiger partial charge < -0.3 is 66.5 Å². The molecule has 34 heteroatoms. The lowest BCUT2D eigenvalue weighted by Gasteiger charge is -2.32. The van der Waals surface area contributed by atoms with Crippen molar-refractivity contribution < 1.29 is 108 Å². The smallest absolute Gasteiger partial charge is 0.338 e. The molecule has 4 rings (SSSR count). The molecule has 0 bridgehead atoms. The Labute approximate surface area is 581 Å². The number of amides is 4. The Morgan fingerprint density at radius 2 is 0.640 bits per heavy atom. The van der Waals surface area contributed by atoms with Gasteiger partial charge in [-0.05, 0) is 73.5 Å². The fraction of sp³-hybridized carbons (Fsp3) is 0.500. The number of rotatable bonds is 32. The molecule has 0 aromatic heterocycles. The van der Waals surface area contributed by atoms with E-state index in [9.17, 15) is 93.0 Å². The number of nitrogens with one attached hydrogen (secondary N) is 4. The molecule has 2 aliphatic heterocycles. The molecule has 0 radical (unpaired) electrons. The zero-order chi connectivity index (χ0) is 72.4. The lowest BCUT2D eigenvalue weighted by Crippen LogP contribution is -2.50. The maximum Gasteiger partial charge on any atom is 0.338 e. The van der Waals surface area contributed by atoms with Gasteiger partial charge in [0.05, 0.1) is 96.4 Å². The second kappa shape index (κ2) is 49.8. The number of aliphatic carboxylic acids is 6. The van der Waals surface area contributed by atoms with Gasteiger partial charge in [0, 0.05) is 116 Å². The number of nitrogens with zero attached hydrogens (tertiary/aromatic N) is 8. The molecule has 2 aromatic rings. The van der Waals surface area contributed by atoms with Crippen molar-refractivity contribution in [2.45, 2.75) is 28.7 Å². The highest BCUT2D eigenvalue weighted by Gasteiger charge is 2.24. The van der Waals surface area contributed by atoms with E-state index in [0.29, 0.717) is 28.8 Å². The summed E-state index contributed by atoms with van der Waals surface area (Å²) in [4.78, 5) is 167. The Morgan fingerprint density at radius 1 is 0.390 bits per heavy atom. The Morgan fingerprint density at radius 3 is 0.880 bits per heavy atom. The number of aliphatic hydroxyl groups is 1. The number of ether oxygens (including phenoxy) is 2. The number of esters is 2. The average molecular weight is 1410 g/mol.